The van der Waals surface area contributed by atoms with E-state index in [0.29, 0.717) is 16.9 Å². The summed E-state index contributed by atoms with van der Waals surface area (Å²) in [5.41, 5.74) is 7.18. The van der Waals surface area contributed by atoms with E-state index in [4.69, 9.17) is 5.73 Å². The van der Waals surface area contributed by atoms with Crippen LogP contribution in [0.3, 0.4) is 0 Å². The van der Waals surface area contributed by atoms with Crippen LogP contribution in [-0.2, 0) is 4.79 Å². The fourth-order valence-corrected chi connectivity index (χ4v) is 4.61. The number of nitrogens with one attached hydrogen (secondary N) is 1. The molecule has 1 fully saturated rings. The zero-order valence-electron chi connectivity index (χ0n) is 15.0. The number of carbonyl (C=O) groups is 1. The van der Waals surface area contributed by atoms with E-state index in [0.717, 1.165) is 35.1 Å². The Bertz CT molecular complexity index is 931. The molecule has 1 aliphatic carbocycles. The molecular formula is C19H23N5OS2. The predicted molar refractivity (Wildman–Crippen MR) is 112 cm³/mol. The standard InChI is InChI=1S/C19H23N5OS2/c20-17-14-11-13(26)6-7-15(14)23-24(17)16(10-12-4-2-1-3-5-12)18(25)22-19-21-8-9-27-19/h6-9,11-12,16,26H,1-5,10,20H2,(H,21,22,25). The molecule has 2 heterocycles. The second-order valence-electron chi connectivity index (χ2n) is 7.11. The molecule has 0 spiro atoms. The zero-order valence-corrected chi connectivity index (χ0v) is 16.7. The number of thiazole rings is 1. The van der Waals surface area contributed by atoms with Crippen LogP contribution >= 0.6 is 24.0 Å². The Morgan fingerprint density at radius 2 is 2.19 bits per heavy atom. The van der Waals surface area contributed by atoms with Gasteiger partial charge in [0.15, 0.2) is 5.13 Å². The van der Waals surface area contributed by atoms with E-state index >= 15 is 0 Å². The summed E-state index contributed by atoms with van der Waals surface area (Å²) in [7, 11) is 0. The van der Waals surface area contributed by atoms with Gasteiger partial charge < -0.3 is 11.1 Å². The number of rotatable bonds is 5. The summed E-state index contributed by atoms with van der Waals surface area (Å²) in [4.78, 5) is 18.1. The van der Waals surface area contributed by atoms with E-state index in [1.807, 2.05) is 23.6 Å². The van der Waals surface area contributed by atoms with Crippen molar-refractivity contribution in [3.05, 3.63) is 29.8 Å². The highest BCUT2D eigenvalue weighted by atomic mass is 32.1. The average molecular weight is 402 g/mol. The highest BCUT2D eigenvalue weighted by Gasteiger charge is 2.29. The van der Waals surface area contributed by atoms with Crippen LogP contribution < -0.4 is 11.1 Å². The molecule has 0 saturated heterocycles. The molecule has 142 valence electrons. The maximum atomic E-state index is 13.1. The number of nitrogen functional groups attached to an aromatic ring is 1. The predicted octanol–water partition coefficient (Wildman–Crippen LogP) is 4.51. The Kier molecular flexibility index (Phi) is 5.36. The van der Waals surface area contributed by atoms with E-state index < -0.39 is 6.04 Å². The lowest BCUT2D eigenvalue weighted by Crippen LogP contribution is -2.30. The molecule has 6 nitrogen and oxygen atoms in total. The molecule has 1 unspecified atom stereocenters. The molecule has 1 aliphatic rings. The van der Waals surface area contributed by atoms with Crippen molar-refractivity contribution in [1.29, 1.82) is 0 Å². The number of hydrogen-bond donors (Lipinski definition) is 3. The number of carbonyl (C=O) groups excluding carboxylic acids is 1. The Balaban J connectivity index is 1.68. The first-order chi connectivity index (χ1) is 13.1. The molecule has 3 aromatic rings. The highest BCUT2D eigenvalue weighted by molar-refractivity contribution is 7.80. The monoisotopic (exact) mass is 401 g/mol. The number of benzene rings is 1. The third kappa shape index (κ3) is 3.96. The van der Waals surface area contributed by atoms with Gasteiger partial charge in [-0.2, -0.15) is 5.10 Å². The molecule has 1 saturated carbocycles. The Hall–Kier alpha value is -2.06. The summed E-state index contributed by atoms with van der Waals surface area (Å²) in [6, 6.07) is 5.22. The van der Waals surface area contributed by atoms with Gasteiger partial charge >= 0.3 is 0 Å². The molecule has 8 heteroatoms. The lowest BCUT2D eigenvalue weighted by Gasteiger charge is -2.26. The van der Waals surface area contributed by atoms with Gasteiger partial charge in [-0.15, -0.1) is 24.0 Å². The van der Waals surface area contributed by atoms with E-state index in [-0.39, 0.29) is 5.91 Å². The number of aromatic nitrogens is 3. The van der Waals surface area contributed by atoms with E-state index in [1.54, 1.807) is 10.9 Å². The van der Waals surface area contributed by atoms with Crippen LogP contribution in [0.2, 0.25) is 0 Å². The molecule has 27 heavy (non-hydrogen) atoms. The fourth-order valence-electron chi connectivity index (χ4n) is 3.88. The van der Waals surface area contributed by atoms with Crippen LogP contribution in [-0.4, -0.2) is 20.7 Å². The van der Waals surface area contributed by atoms with Crippen molar-refractivity contribution in [2.24, 2.45) is 5.92 Å². The van der Waals surface area contributed by atoms with Crippen LogP contribution in [0.1, 0.15) is 44.6 Å². The molecule has 3 N–H and O–H groups in total. The second kappa shape index (κ2) is 7.90. The SMILES string of the molecule is Nc1c2cc(S)ccc2nn1C(CC1CCCCC1)C(=O)Nc1nccs1. The Labute approximate surface area is 167 Å². The topological polar surface area (TPSA) is 85.8 Å². The van der Waals surface area contributed by atoms with Gasteiger partial charge in [-0.1, -0.05) is 32.1 Å². The van der Waals surface area contributed by atoms with Gasteiger partial charge in [0.05, 0.1) is 5.52 Å². The van der Waals surface area contributed by atoms with Crippen LogP contribution in [0.5, 0.6) is 0 Å². The molecule has 0 aliphatic heterocycles. The average Bonchev–Trinajstić information content (AvgIpc) is 3.29. The van der Waals surface area contributed by atoms with Gasteiger partial charge in [0.1, 0.15) is 11.9 Å². The summed E-state index contributed by atoms with van der Waals surface area (Å²) in [5.74, 6) is 0.912. The molecule has 0 bridgehead atoms. The first kappa shape index (κ1) is 18.3. The van der Waals surface area contributed by atoms with Crippen molar-refractivity contribution in [3.8, 4) is 0 Å². The smallest absolute Gasteiger partial charge is 0.251 e. The fraction of sp³-hybridized carbons (Fsp3) is 0.421. The molecular weight excluding hydrogens is 378 g/mol. The summed E-state index contributed by atoms with van der Waals surface area (Å²) >= 11 is 5.80. The van der Waals surface area contributed by atoms with E-state index in [2.05, 4.69) is 28.0 Å². The molecule has 1 aromatic carbocycles. The number of anilines is 2. The molecule has 4 rings (SSSR count). The van der Waals surface area contributed by atoms with Gasteiger partial charge in [0, 0.05) is 21.9 Å². The number of fused-ring (bicyclic) bond motifs is 1. The Morgan fingerprint density at radius 3 is 2.93 bits per heavy atom. The summed E-state index contributed by atoms with van der Waals surface area (Å²) in [6.45, 7) is 0. The van der Waals surface area contributed by atoms with Crippen molar-refractivity contribution in [1.82, 2.24) is 14.8 Å². The van der Waals surface area contributed by atoms with E-state index in [1.165, 1.54) is 30.6 Å². The quantitative estimate of drug-likeness (QED) is 0.549. The minimum absolute atomic E-state index is 0.110. The number of hydrogen-bond acceptors (Lipinski definition) is 6. The number of thiol groups is 1. The van der Waals surface area contributed by atoms with Gasteiger partial charge in [-0.05, 0) is 30.5 Å². The van der Waals surface area contributed by atoms with Crippen molar-refractivity contribution in [3.63, 3.8) is 0 Å². The first-order valence-corrected chi connectivity index (χ1v) is 10.6. The third-order valence-electron chi connectivity index (χ3n) is 5.26. The zero-order chi connectivity index (χ0) is 18.8. The van der Waals surface area contributed by atoms with E-state index in [9.17, 15) is 4.79 Å². The van der Waals surface area contributed by atoms with Gasteiger partial charge in [-0.3, -0.25) is 4.79 Å². The lowest BCUT2D eigenvalue weighted by atomic mass is 9.84. The number of nitrogens with zero attached hydrogens (tertiary/aromatic N) is 3. The highest BCUT2D eigenvalue weighted by Crippen LogP contribution is 2.34. The van der Waals surface area contributed by atoms with Gasteiger partial charge in [0.2, 0.25) is 0 Å². The normalized spacial score (nSPS) is 16.5. The summed E-state index contributed by atoms with van der Waals surface area (Å²) in [5, 5.41) is 10.9. The van der Waals surface area contributed by atoms with Gasteiger partial charge in [0.25, 0.3) is 5.91 Å². The minimum atomic E-state index is -0.451. The largest absolute Gasteiger partial charge is 0.383 e. The van der Waals surface area contributed by atoms with Crippen LogP contribution in [0.25, 0.3) is 10.9 Å². The first-order valence-electron chi connectivity index (χ1n) is 9.29. The third-order valence-corrected chi connectivity index (χ3v) is 6.23. The number of nitrogens with two attached hydrogens (primary N) is 1. The molecule has 1 atom stereocenters. The van der Waals surface area contributed by atoms with Gasteiger partial charge in [-0.25, -0.2) is 9.67 Å². The summed E-state index contributed by atoms with van der Waals surface area (Å²) < 4.78 is 1.69. The Morgan fingerprint density at radius 1 is 1.37 bits per heavy atom. The van der Waals surface area contributed by atoms with Crippen LogP contribution in [0, 0.1) is 5.92 Å². The maximum absolute atomic E-state index is 13.1. The molecule has 2 aromatic heterocycles. The molecule has 1 amide bonds. The van der Waals surface area contributed by atoms with Crippen molar-refractivity contribution >= 4 is 51.7 Å². The second-order valence-corrected chi connectivity index (χ2v) is 8.52. The minimum Gasteiger partial charge on any atom is -0.383 e. The van der Waals surface area contributed by atoms with Crippen LogP contribution in [0.15, 0.2) is 34.7 Å². The maximum Gasteiger partial charge on any atom is 0.251 e. The van der Waals surface area contributed by atoms with Crippen molar-refractivity contribution < 1.29 is 4.79 Å². The summed E-state index contributed by atoms with van der Waals surface area (Å²) in [6.07, 6.45) is 8.47. The van der Waals surface area contributed by atoms with Crippen molar-refractivity contribution in [2.45, 2.75) is 49.5 Å². The molecule has 0 radical (unpaired) electrons. The van der Waals surface area contributed by atoms with Crippen LogP contribution in [0.4, 0.5) is 10.9 Å². The van der Waals surface area contributed by atoms with Crippen molar-refractivity contribution in [2.75, 3.05) is 11.1 Å². The number of amides is 1. The lowest BCUT2D eigenvalue weighted by molar-refractivity contribution is -0.120.